The number of hydrogen-bond donors (Lipinski definition) is 0. The molecule has 1 aromatic carbocycles. The van der Waals surface area contributed by atoms with Crippen LogP contribution in [0.4, 0.5) is 0 Å². The average Bonchev–Trinajstić information content (AvgIpc) is 3.10. The van der Waals surface area contributed by atoms with Crippen LogP contribution in [-0.2, 0) is 9.31 Å². The summed E-state index contributed by atoms with van der Waals surface area (Å²) in [5.74, 6) is 0.889. The summed E-state index contributed by atoms with van der Waals surface area (Å²) in [5.41, 5.74) is 0.330. The Morgan fingerprint density at radius 3 is 2.30 bits per heavy atom. The topological polar surface area (TPSA) is 27.7 Å². The van der Waals surface area contributed by atoms with Crippen LogP contribution < -0.4 is 10.2 Å². The van der Waals surface area contributed by atoms with Crippen molar-refractivity contribution in [2.75, 3.05) is 0 Å². The fourth-order valence-corrected chi connectivity index (χ4v) is 2.56. The van der Waals surface area contributed by atoms with Crippen LogP contribution in [-0.4, -0.2) is 24.4 Å². The highest BCUT2D eigenvalue weighted by molar-refractivity contribution is 9.10. The number of rotatable bonds is 3. The summed E-state index contributed by atoms with van der Waals surface area (Å²) < 4.78 is 19.0. The number of ether oxygens (including phenoxy) is 1. The molecule has 0 unspecified atom stereocenters. The Labute approximate surface area is 129 Å². The van der Waals surface area contributed by atoms with Crippen molar-refractivity contribution >= 4 is 28.5 Å². The minimum Gasteiger partial charge on any atom is -0.490 e. The Hall–Kier alpha value is -0.515. The fourth-order valence-electron chi connectivity index (χ4n) is 2.12. The molecule has 5 heteroatoms. The van der Waals surface area contributed by atoms with E-state index in [1.807, 2.05) is 18.2 Å². The molecule has 2 aliphatic rings. The van der Waals surface area contributed by atoms with Crippen LogP contribution >= 0.6 is 15.9 Å². The van der Waals surface area contributed by atoms with Crippen molar-refractivity contribution in [2.45, 2.75) is 57.8 Å². The molecule has 0 aromatic heterocycles. The lowest BCUT2D eigenvalue weighted by molar-refractivity contribution is 0.00578. The molecule has 108 valence electrons. The Bertz CT molecular complexity index is 510. The van der Waals surface area contributed by atoms with Gasteiger partial charge >= 0.3 is 7.12 Å². The zero-order valence-electron chi connectivity index (χ0n) is 12.4. The molecule has 20 heavy (non-hydrogen) atoms. The maximum atomic E-state index is 6.10. The highest BCUT2D eigenvalue weighted by atomic mass is 79.9. The zero-order valence-corrected chi connectivity index (χ0v) is 14.0. The van der Waals surface area contributed by atoms with Crippen molar-refractivity contribution in [1.29, 1.82) is 0 Å². The second kappa shape index (κ2) is 4.75. The Balaban J connectivity index is 1.86. The molecule has 2 fully saturated rings. The van der Waals surface area contributed by atoms with E-state index in [9.17, 15) is 0 Å². The second-order valence-electron chi connectivity index (χ2n) is 6.59. The molecule has 0 bridgehead atoms. The molecule has 1 saturated carbocycles. The van der Waals surface area contributed by atoms with Gasteiger partial charge in [0.15, 0.2) is 0 Å². The highest BCUT2D eigenvalue weighted by Gasteiger charge is 2.52. The molecule has 3 nitrogen and oxygen atoms in total. The van der Waals surface area contributed by atoms with E-state index in [0.717, 1.165) is 28.5 Å². The number of hydrogen-bond acceptors (Lipinski definition) is 3. The maximum absolute atomic E-state index is 6.10. The average molecular weight is 339 g/mol. The molecule has 1 aliphatic heterocycles. The van der Waals surface area contributed by atoms with Crippen molar-refractivity contribution in [1.82, 2.24) is 0 Å². The number of halogens is 1. The van der Waals surface area contributed by atoms with Crippen LogP contribution in [0.25, 0.3) is 0 Å². The molecule has 0 radical (unpaired) electrons. The molecule has 1 aliphatic carbocycles. The molecule has 0 N–H and O–H groups in total. The van der Waals surface area contributed by atoms with Gasteiger partial charge in [-0.05, 0) is 58.7 Å². The third-order valence-electron chi connectivity index (χ3n) is 4.30. The Morgan fingerprint density at radius 1 is 1.15 bits per heavy atom. The summed E-state index contributed by atoms with van der Waals surface area (Å²) in [5, 5.41) is 0. The smallest absolute Gasteiger partial charge is 0.490 e. The van der Waals surface area contributed by atoms with Gasteiger partial charge in [0.05, 0.1) is 17.3 Å². The highest BCUT2D eigenvalue weighted by Crippen LogP contribution is 2.37. The number of benzene rings is 1. The molecule has 0 amide bonds. The van der Waals surface area contributed by atoms with Gasteiger partial charge in [-0.1, -0.05) is 15.9 Å². The van der Waals surface area contributed by atoms with E-state index in [4.69, 9.17) is 14.0 Å². The fraction of sp³-hybridized carbons (Fsp3) is 0.600. The molecule has 0 spiro atoms. The van der Waals surface area contributed by atoms with Crippen LogP contribution in [0.15, 0.2) is 22.7 Å². The normalized spacial score (nSPS) is 23.9. The lowest BCUT2D eigenvalue weighted by Gasteiger charge is -2.32. The molecular weight excluding hydrogens is 319 g/mol. The molecule has 3 rings (SSSR count). The van der Waals surface area contributed by atoms with Crippen molar-refractivity contribution in [3.05, 3.63) is 22.7 Å². The molecule has 1 saturated heterocycles. The van der Waals surface area contributed by atoms with Gasteiger partial charge in [-0.2, -0.15) is 0 Å². The van der Waals surface area contributed by atoms with Crippen LogP contribution in [0.2, 0.25) is 0 Å². The summed E-state index contributed by atoms with van der Waals surface area (Å²) in [7, 11) is -0.364. The standard InChI is InChI=1S/C15H20BBrO3/c1-14(2)15(3,4)20-16(19-14)12-9-11(7-8-13(12)17)18-10-5-6-10/h7-10H,5-6H2,1-4H3. The first-order valence-electron chi connectivity index (χ1n) is 7.10. The van der Waals surface area contributed by atoms with Gasteiger partial charge in [-0.25, -0.2) is 0 Å². The predicted molar refractivity (Wildman–Crippen MR) is 83.5 cm³/mol. The van der Waals surface area contributed by atoms with E-state index in [2.05, 4.69) is 43.6 Å². The molecular formula is C15H20BBrO3. The van der Waals surface area contributed by atoms with Gasteiger partial charge in [-0.15, -0.1) is 0 Å². The van der Waals surface area contributed by atoms with Gasteiger partial charge in [0, 0.05) is 9.94 Å². The summed E-state index contributed by atoms with van der Waals surface area (Å²) in [6.45, 7) is 8.24. The van der Waals surface area contributed by atoms with Gasteiger partial charge in [0.2, 0.25) is 0 Å². The van der Waals surface area contributed by atoms with Crippen LogP contribution in [0.3, 0.4) is 0 Å². The van der Waals surface area contributed by atoms with Crippen molar-refractivity contribution < 1.29 is 14.0 Å². The lowest BCUT2D eigenvalue weighted by atomic mass is 9.79. The lowest BCUT2D eigenvalue weighted by Crippen LogP contribution is -2.41. The second-order valence-corrected chi connectivity index (χ2v) is 7.44. The van der Waals surface area contributed by atoms with E-state index in [-0.39, 0.29) is 18.3 Å². The summed E-state index contributed by atoms with van der Waals surface area (Å²) >= 11 is 3.58. The quantitative estimate of drug-likeness (QED) is 0.791. The van der Waals surface area contributed by atoms with Crippen molar-refractivity contribution in [2.24, 2.45) is 0 Å². The minimum absolute atomic E-state index is 0.329. The van der Waals surface area contributed by atoms with Gasteiger partial charge in [-0.3, -0.25) is 0 Å². The summed E-state index contributed by atoms with van der Waals surface area (Å²) in [6.07, 6.45) is 2.70. The first kappa shape index (κ1) is 14.4. The van der Waals surface area contributed by atoms with Crippen LogP contribution in [0.1, 0.15) is 40.5 Å². The molecule has 1 aromatic rings. The van der Waals surface area contributed by atoms with E-state index >= 15 is 0 Å². The van der Waals surface area contributed by atoms with E-state index in [1.54, 1.807) is 0 Å². The van der Waals surface area contributed by atoms with E-state index in [0.29, 0.717) is 6.10 Å². The third kappa shape index (κ3) is 2.63. The molecule has 1 heterocycles. The zero-order chi connectivity index (χ0) is 14.5. The van der Waals surface area contributed by atoms with Crippen molar-refractivity contribution in [3.8, 4) is 5.75 Å². The van der Waals surface area contributed by atoms with E-state index in [1.165, 1.54) is 0 Å². The van der Waals surface area contributed by atoms with Crippen LogP contribution in [0.5, 0.6) is 5.75 Å². The first-order chi connectivity index (χ1) is 9.28. The third-order valence-corrected chi connectivity index (χ3v) is 5.02. The summed E-state index contributed by atoms with van der Waals surface area (Å²) in [6, 6.07) is 6.00. The summed E-state index contributed by atoms with van der Waals surface area (Å²) in [4.78, 5) is 0. The first-order valence-corrected chi connectivity index (χ1v) is 7.89. The van der Waals surface area contributed by atoms with Gasteiger partial charge in [0.25, 0.3) is 0 Å². The predicted octanol–water partition coefficient (Wildman–Crippen LogP) is 3.29. The Morgan fingerprint density at radius 2 is 1.75 bits per heavy atom. The Kier molecular flexibility index (Phi) is 3.43. The van der Waals surface area contributed by atoms with E-state index < -0.39 is 0 Å². The monoisotopic (exact) mass is 338 g/mol. The SMILES string of the molecule is CC1(C)OB(c2cc(OC3CC3)ccc2Br)OC1(C)C. The van der Waals surface area contributed by atoms with Gasteiger partial charge < -0.3 is 14.0 Å². The maximum Gasteiger partial charge on any atom is 0.496 e. The van der Waals surface area contributed by atoms with Crippen LogP contribution in [0, 0.1) is 0 Å². The minimum atomic E-state index is -0.364. The van der Waals surface area contributed by atoms with Crippen molar-refractivity contribution in [3.63, 3.8) is 0 Å². The largest absolute Gasteiger partial charge is 0.496 e. The molecule has 0 atom stereocenters. The van der Waals surface area contributed by atoms with Gasteiger partial charge in [0.1, 0.15) is 5.75 Å².